The van der Waals surface area contributed by atoms with Crippen molar-refractivity contribution in [1.82, 2.24) is 0 Å². The lowest BCUT2D eigenvalue weighted by Gasteiger charge is -2.60. The molecule has 0 radical (unpaired) electrons. The van der Waals surface area contributed by atoms with Crippen LogP contribution in [-0.2, 0) is 78.2 Å². The molecule has 145 heavy (non-hydrogen) atoms. The number of ether oxygens (including phenoxy) is 8. The third-order valence-electron chi connectivity index (χ3n) is 27.1. The van der Waals surface area contributed by atoms with E-state index in [-0.39, 0.29) is 110 Å². The van der Waals surface area contributed by atoms with E-state index in [9.17, 15) is 74.7 Å². The van der Waals surface area contributed by atoms with Gasteiger partial charge in [-0.2, -0.15) is 13.2 Å². The zero-order chi connectivity index (χ0) is 107. The largest absolute Gasteiger partial charge is 0.748 e. The second-order valence-corrected chi connectivity index (χ2v) is 49.0. The first-order chi connectivity index (χ1) is 68.1. The smallest absolute Gasteiger partial charge is 0.426 e. The van der Waals surface area contributed by atoms with Crippen LogP contribution in [0.25, 0.3) is 25.1 Å². The molecule has 6 bridgehead atoms. The van der Waals surface area contributed by atoms with Gasteiger partial charge < -0.3 is 62.6 Å². The van der Waals surface area contributed by atoms with Gasteiger partial charge in [-0.05, 0) is 378 Å². The number of esters is 7. The highest BCUT2D eigenvalue weighted by molar-refractivity contribution is 14.1. The average molecular weight is 2380 g/mol. The fourth-order valence-corrected chi connectivity index (χ4v) is 24.6. The van der Waals surface area contributed by atoms with Gasteiger partial charge >= 0.3 is 48.0 Å². The Bertz CT molecular complexity index is 6240. The Morgan fingerprint density at radius 1 is 0.538 bits per heavy atom. The normalized spacial score (nSPS) is 19.5. The van der Waals surface area contributed by atoms with E-state index in [1.54, 1.807) is 70.2 Å². The lowest BCUT2D eigenvalue weighted by atomic mass is 9.48. The van der Waals surface area contributed by atoms with Crippen molar-refractivity contribution < 1.29 is 118 Å². The van der Waals surface area contributed by atoms with Crippen LogP contribution in [0.4, 0.5) is 13.2 Å². The van der Waals surface area contributed by atoms with Gasteiger partial charge in [-0.3, -0.25) is 28.8 Å². The molecule has 8 atom stereocenters. The van der Waals surface area contributed by atoms with Crippen LogP contribution in [0.1, 0.15) is 213 Å². The van der Waals surface area contributed by atoms with E-state index < -0.39 is 91.5 Å². The number of carbonyl (C=O) groups excluding carboxylic acids is 8. The van der Waals surface area contributed by atoms with Crippen molar-refractivity contribution in [3.8, 4) is 27.9 Å². The number of thiophene rings is 1. The monoisotopic (exact) mass is 2380 g/mol. The third kappa shape index (κ3) is 31.1. The maximum absolute atomic E-state index is 13.3. The average Bonchev–Trinajstić information content (AvgIpc) is 1.64. The van der Waals surface area contributed by atoms with E-state index in [1.165, 1.54) is 64.0 Å². The van der Waals surface area contributed by atoms with Gasteiger partial charge in [0.25, 0.3) is 0 Å². The molecule has 11 aromatic rings. The van der Waals surface area contributed by atoms with Gasteiger partial charge in [0.05, 0.1) is 77.4 Å². The molecule has 10 aromatic carbocycles. The zero-order valence-electron chi connectivity index (χ0n) is 84.5. The Morgan fingerprint density at radius 3 is 1.45 bits per heavy atom. The molecule has 4 heterocycles. The van der Waals surface area contributed by atoms with Gasteiger partial charge in [-0.15, -0.1) is 0 Å². The summed E-state index contributed by atoms with van der Waals surface area (Å²) in [4.78, 5) is 101. The number of fused-ring (bicyclic) bond motifs is 4. The highest BCUT2D eigenvalue weighted by Crippen LogP contribution is 2.64. The number of carbonyl (C=O) groups is 8. The van der Waals surface area contributed by atoms with Crippen LogP contribution >= 0.6 is 78.2 Å². The number of halogens is 6. The second-order valence-electron chi connectivity index (χ2n) is 40.1. The highest BCUT2D eigenvalue weighted by Gasteiger charge is 2.66. The molecule has 2 N–H and O–H groups in total. The first kappa shape index (κ1) is 117. The number of aromatic hydroxyl groups is 2. The van der Waals surface area contributed by atoms with Crippen molar-refractivity contribution in [2.75, 3.05) is 5.75 Å². The van der Waals surface area contributed by atoms with Crippen molar-refractivity contribution in [2.45, 2.75) is 257 Å². The summed E-state index contributed by atoms with van der Waals surface area (Å²) in [6.07, 6.45) is -2.62. The van der Waals surface area contributed by atoms with Gasteiger partial charge in [0.2, 0.25) is 6.10 Å². The molecule has 22 nitrogen and oxygen atoms in total. The minimum Gasteiger partial charge on any atom is -0.748 e. The van der Waals surface area contributed by atoms with Crippen molar-refractivity contribution in [3.63, 3.8) is 0 Å². The highest BCUT2D eigenvalue weighted by atomic mass is 127. The molecular formula is C114H128F3I3O22S3. The molecule has 3 saturated heterocycles. The number of hydrogen-bond donors (Lipinski definition) is 2. The van der Waals surface area contributed by atoms with Gasteiger partial charge in [0.15, 0.2) is 41.2 Å². The SMILES string of the molecule is CCC(C)(C)C(=O)OC12CC3CC(C1)CC(C(=O)OC(CS(=O)(=O)[O-])C(F)(F)F)(C3)C2.CCC(C)(C)C(=O)OC1C2CC3C(=O)OC1C3O2.CCC(C)(C)C(=O)Oc1cc(C)c(O)c(C)c1.CCC(C)(C)OC(=O)C(C)(C)CC.O=C(Oc1ccc(O)cc1)c1ccccc1.O=C([O-])c1cc(I)cc(I)c1I.c1ccc(-[s+]2c3ccccc3c3ccccc32)cc1.c1ccc([S+](c2ccccc2)c2ccccc2)cc1. The Hall–Kier alpha value is -10.0. The Kier molecular flexibility index (Phi) is 40.6. The number of carboxylic acids is 1. The van der Waals surface area contributed by atoms with Gasteiger partial charge in [0.1, 0.15) is 40.3 Å². The van der Waals surface area contributed by atoms with Crippen molar-refractivity contribution in [1.29, 1.82) is 0 Å². The molecule has 4 saturated carbocycles. The molecule has 7 fully saturated rings. The van der Waals surface area contributed by atoms with E-state index in [0.29, 0.717) is 73.1 Å². The van der Waals surface area contributed by atoms with E-state index in [4.69, 9.17) is 38.3 Å². The van der Waals surface area contributed by atoms with E-state index in [0.717, 1.165) is 36.4 Å². The molecule has 31 heteroatoms. The van der Waals surface area contributed by atoms with Gasteiger partial charge in [-0.25, -0.2) is 13.2 Å². The Morgan fingerprint density at radius 2 is 0.986 bits per heavy atom. The summed E-state index contributed by atoms with van der Waals surface area (Å²) in [6, 6.07) is 82.2. The lowest BCUT2D eigenvalue weighted by molar-refractivity contribution is -0.255. The van der Waals surface area contributed by atoms with Crippen LogP contribution in [-0.4, -0.2) is 125 Å². The van der Waals surface area contributed by atoms with Crippen LogP contribution in [0.2, 0.25) is 0 Å². The van der Waals surface area contributed by atoms with Crippen LogP contribution in [0.3, 0.4) is 0 Å². The summed E-state index contributed by atoms with van der Waals surface area (Å²) >= 11 is 6.19. The summed E-state index contributed by atoms with van der Waals surface area (Å²) in [5.41, 5.74) is -2.45. The molecule has 7 aliphatic rings. The fourth-order valence-electron chi connectivity index (χ4n) is 17.1. The predicted octanol–water partition coefficient (Wildman–Crippen LogP) is 25.9. The number of alkyl halides is 3. The van der Waals surface area contributed by atoms with Crippen LogP contribution in [0.15, 0.2) is 263 Å². The molecule has 1 aromatic heterocycles. The number of phenols is 2. The number of aryl methyl sites for hydroxylation is 2. The Labute approximate surface area is 894 Å². The summed E-state index contributed by atoms with van der Waals surface area (Å²) < 4.78 is 121. The maximum Gasteiger partial charge on any atom is 0.426 e. The first-order valence-corrected chi connectivity index (χ1v) is 55.5. The van der Waals surface area contributed by atoms with E-state index in [1.807, 2.05) is 125 Å². The second kappa shape index (κ2) is 50.3. The van der Waals surface area contributed by atoms with Crippen LogP contribution < -0.4 is 14.6 Å². The topological polar surface area (TPSA) is 331 Å². The summed E-state index contributed by atoms with van der Waals surface area (Å²) in [5, 5.41) is 32.1. The lowest BCUT2D eigenvalue weighted by Crippen LogP contribution is -2.61. The number of phenolic OH excluding ortho intramolecular Hbond substituents is 2. The minimum absolute atomic E-state index is 0.00100. The van der Waals surface area contributed by atoms with Crippen LogP contribution in [0.5, 0.6) is 23.0 Å². The summed E-state index contributed by atoms with van der Waals surface area (Å²) in [6.45, 7) is 32.0. The first-order valence-electron chi connectivity index (χ1n) is 48.2. The van der Waals surface area contributed by atoms with Crippen LogP contribution in [0, 0.1) is 69.4 Å². The molecule has 18 rings (SSSR count). The maximum atomic E-state index is 13.3. The van der Waals surface area contributed by atoms with Crippen molar-refractivity contribution in [2.24, 2.45) is 44.8 Å². The molecule has 776 valence electrons. The predicted molar refractivity (Wildman–Crippen MR) is 578 cm³/mol. The molecule has 4 aliphatic carbocycles. The quantitative estimate of drug-likeness (QED) is 0.0108. The van der Waals surface area contributed by atoms with Gasteiger partial charge in [0, 0.05) is 43.9 Å². The van der Waals surface area contributed by atoms with Crippen molar-refractivity contribution in [3.05, 3.63) is 282 Å². The van der Waals surface area contributed by atoms with Crippen molar-refractivity contribution >= 4 is 167 Å². The molecule has 0 spiro atoms. The number of benzene rings is 10. The number of aromatic carboxylic acids is 1. The molecule has 3 aliphatic heterocycles. The third-order valence-corrected chi connectivity index (χ3v) is 36.0. The minimum atomic E-state index is -5.27. The standard InChI is InChI=1S/C20H29F3O7S.C18H13S.C18H15S.C14H20O3.C13H18O5.C13H10O3.C11H22O2.C7H3I3O2/c1-4-17(2,3)15(24)30-19-8-12-5-13(9-19)7-18(6-12,11-19)16(25)29-14(20(21,22)23)10-31(26,27)28;1-2-8-14(9-3-1)19-17-12-6-4-10-15(17)16-11-5-7-13-18(16)19;1-4-10-16(11-5-1)19(17-12-6-2-7-13-17)18-14-8-3-9-15-18;1-6-14(4,5)13(16)17-11-7-9(2)12(15)10(3)8-11;1-4-13(2,3)12(15)18-9-7-5-6-8(16-7)10(9)17-11(6)14;14-11-6-8-12(9-7-11)16-13(15)10-4-2-1-3-5-10;1-7-10(3,4)9(12)13-11(5,6)8-2;8-3-1-4(7(11)12)6(10)5(9)2-3/h12-14H,4-11H2,1-3H3,(H,26,27,28);1-13H;1-15H;7-8,15H,6H2,1-5H3;6-10H,4-5H2,1-3H3;1-9,14H;7-8H2,1-6H3;1-2H,(H,11,12)/q;2*+1;;;;;/p-2. The van der Waals surface area contributed by atoms with E-state index >= 15 is 0 Å². The molecule has 8 unspecified atom stereocenters. The number of hydrogen-bond acceptors (Lipinski definition) is 22. The summed E-state index contributed by atoms with van der Waals surface area (Å²) in [7, 11) is -5.23. The van der Waals surface area contributed by atoms with Gasteiger partial charge in [-0.1, -0.05) is 150 Å². The molecule has 0 amide bonds. The summed E-state index contributed by atoms with van der Waals surface area (Å²) in [5.74, 6) is -4.62. The Balaban J connectivity index is 0.000000173. The number of carboxylic acid groups (broad SMARTS) is 1. The fraction of sp³-hybridized carbons (Fsp3) is 0.404. The molecular weight excluding hydrogens is 2260 g/mol. The zero-order valence-corrected chi connectivity index (χ0v) is 93.5. The number of rotatable bonds is 24. The van der Waals surface area contributed by atoms with E-state index in [2.05, 4.69) is 220 Å².